The Kier molecular flexibility index (Phi) is 5.79. The van der Waals surface area contributed by atoms with Crippen LogP contribution in [0.1, 0.15) is 23.6 Å². The molecule has 0 aromatic heterocycles. The summed E-state index contributed by atoms with van der Waals surface area (Å²) in [6, 6.07) is 13.1. The second kappa shape index (κ2) is 8.23. The van der Waals surface area contributed by atoms with Gasteiger partial charge in [0.15, 0.2) is 11.5 Å². The Labute approximate surface area is 152 Å². The van der Waals surface area contributed by atoms with Crippen molar-refractivity contribution in [3.63, 3.8) is 0 Å². The Morgan fingerprint density at radius 1 is 1.20 bits per heavy atom. The summed E-state index contributed by atoms with van der Waals surface area (Å²) < 4.78 is 11.1. The Morgan fingerprint density at radius 2 is 1.96 bits per heavy atom. The quantitative estimate of drug-likeness (QED) is 0.830. The fraction of sp³-hybridized carbons (Fsp3) is 0.316. The van der Waals surface area contributed by atoms with Crippen molar-refractivity contribution in [3.8, 4) is 11.5 Å². The second-order valence-corrected chi connectivity index (χ2v) is 6.33. The van der Waals surface area contributed by atoms with Gasteiger partial charge in [-0.2, -0.15) is 0 Å². The van der Waals surface area contributed by atoms with Crippen molar-refractivity contribution < 1.29 is 14.3 Å². The SMILES string of the molecule is NC(CC(=O)NCCc1cc(Cl)c2c(c1)OCCO2)c1ccccc1. The molecule has 0 fully saturated rings. The lowest BCUT2D eigenvalue weighted by molar-refractivity contribution is -0.121. The number of amides is 1. The van der Waals surface area contributed by atoms with E-state index in [2.05, 4.69) is 5.32 Å². The molecule has 0 radical (unpaired) electrons. The molecule has 0 spiro atoms. The van der Waals surface area contributed by atoms with Crippen molar-refractivity contribution in [1.29, 1.82) is 0 Å². The van der Waals surface area contributed by atoms with Crippen molar-refractivity contribution in [2.75, 3.05) is 19.8 Å². The van der Waals surface area contributed by atoms with Crippen LogP contribution >= 0.6 is 11.6 Å². The molecule has 0 bridgehead atoms. The number of nitrogens with two attached hydrogens (primary N) is 1. The summed E-state index contributed by atoms with van der Waals surface area (Å²) in [6.45, 7) is 1.53. The molecule has 0 saturated carbocycles. The first-order valence-corrected chi connectivity index (χ1v) is 8.66. The average Bonchev–Trinajstić information content (AvgIpc) is 2.62. The van der Waals surface area contributed by atoms with E-state index < -0.39 is 0 Å². The van der Waals surface area contributed by atoms with Crippen molar-refractivity contribution in [2.45, 2.75) is 18.9 Å². The molecule has 25 heavy (non-hydrogen) atoms. The van der Waals surface area contributed by atoms with Gasteiger partial charge in [0.05, 0.1) is 5.02 Å². The lowest BCUT2D eigenvalue weighted by Crippen LogP contribution is -2.29. The topological polar surface area (TPSA) is 73.6 Å². The Bertz CT molecular complexity index is 737. The van der Waals surface area contributed by atoms with Crippen LogP contribution in [0.5, 0.6) is 11.5 Å². The second-order valence-electron chi connectivity index (χ2n) is 5.92. The van der Waals surface area contributed by atoms with Gasteiger partial charge >= 0.3 is 0 Å². The zero-order valence-electron chi connectivity index (χ0n) is 13.8. The zero-order chi connectivity index (χ0) is 17.6. The molecule has 1 unspecified atom stereocenters. The Morgan fingerprint density at radius 3 is 2.76 bits per heavy atom. The third-order valence-corrected chi connectivity index (χ3v) is 4.31. The molecule has 1 atom stereocenters. The number of fused-ring (bicyclic) bond motifs is 1. The molecule has 3 rings (SSSR count). The maximum Gasteiger partial charge on any atom is 0.221 e. The molecule has 0 aliphatic carbocycles. The fourth-order valence-corrected chi connectivity index (χ4v) is 3.03. The van der Waals surface area contributed by atoms with E-state index in [1.54, 1.807) is 0 Å². The third kappa shape index (κ3) is 4.65. The van der Waals surface area contributed by atoms with Gasteiger partial charge in [-0.25, -0.2) is 0 Å². The molecule has 1 aliphatic rings. The molecule has 3 N–H and O–H groups in total. The van der Waals surface area contributed by atoms with Gasteiger partial charge < -0.3 is 20.5 Å². The van der Waals surface area contributed by atoms with Gasteiger partial charge in [-0.15, -0.1) is 0 Å². The predicted octanol–water partition coefficient (Wildman–Crippen LogP) is 2.86. The first kappa shape index (κ1) is 17.6. The lowest BCUT2D eigenvalue weighted by Gasteiger charge is -2.20. The van der Waals surface area contributed by atoms with Crippen LogP contribution in [0.25, 0.3) is 0 Å². The van der Waals surface area contributed by atoms with Gasteiger partial charge in [0.2, 0.25) is 5.91 Å². The molecule has 1 aliphatic heterocycles. The maximum absolute atomic E-state index is 12.1. The van der Waals surface area contributed by atoms with E-state index in [9.17, 15) is 4.79 Å². The summed E-state index contributed by atoms with van der Waals surface area (Å²) in [5.74, 6) is 1.18. The lowest BCUT2D eigenvalue weighted by atomic mass is 10.0. The zero-order valence-corrected chi connectivity index (χ0v) is 14.6. The molecular weight excluding hydrogens is 340 g/mol. The molecule has 5 nitrogen and oxygen atoms in total. The number of benzene rings is 2. The van der Waals surface area contributed by atoms with Crippen LogP contribution in [0.15, 0.2) is 42.5 Å². The summed E-state index contributed by atoms with van der Waals surface area (Å²) in [4.78, 5) is 12.1. The van der Waals surface area contributed by atoms with Gasteiger partial charge in [0.1, 0.15) is 13.2 Å². The predicted molar refractivity (Wildman–Crippen MR) is 97.1 cm³/mol. The monoisotopic (exact) mass is 360 g/mol. The molecule has 1 heterocycles. The van der Waals surface area contributed by atoms with Crippen LogP contribution in [0.3, 0.4) is 0 Å². The molecule has 0 saturated heterocycles. The first-order chi connectivity index (χ1) is 12.1. The van der Waals surface area contributed by atoms with E-state index in [0.29, 0.717) is 42.7 Å². The van der Waals surface area contributed by atoms with E-state index in [-0.39, 0.29) is 18.4 Å². The minimum Gasteiger partial charge on any atom is -0.486 e. The number of rotatable bonds is 6. The summed E-state index contributed by atoms with van der Waals surface area (Å²) >= 11 is 6.22. The van der Waals surface area contributed by atoms with E-state index in [1.165, 1.54) is 0 Å². The highest BCUT2D eigenvalue weighted by Gasteiger charge is 2.17. The van der Waals surface area contributed by atoms with E-state index in [1.807, 2.05) is 42.5 Å². The Hall–Kier alpha value is -2.24. The smallest absolute Gasteiger partial charge is 0.221 e. The van der Waals surface area contributed by atoms with Gasteiger partial charge in [-0.05, 0) is 29.7 Å². The molecule has 6 heteroatoms. The maximum atomic E-state index is 12.1. The number of hydrogen-bond acceptors (Lipinski definition) is 4. The van der Waals surface area contributed by atoms with Crippen LogP contribution in [-0.2, 0) is 11.2 Å². The minimum atomic E-state index is -0.301. The summed E-state index contributed by atoms with van der Waals surface area (Å²) in [5.41, 5.74) is 8.01. The van der Waals surface area contributed by atoms with Gasteiger partial charge in [0.25, 0.3) is 0 Å². The average molecular weight is 361 g/mol. The highest BCUT2D eigenvalue weighted by atomic mass is 35.5. The Balaban J connectivity index is 1.49. The van der Waals surface area contributed by atoms with Crippen molar-refractivity contribution in [2.24, 2.45) is 5.73 Å². The van der Waals surface area contributed by atoms with E-state index in [0.717, 1.165) is 11.1 Å². The summed E-state index contributed by atoms with van der Waals surface area (Å²) in [6.07, 6.45) is 0.911. The van der Waals surface area contributed by atoms with Gasteiger partial charge in [0, 0.05) is 19.0 Å². The highest BCUT2D eigenvalue weighted by Crippen LogP contribution is 2.38. The number of hydrogen-bond donors (Lipinski definition) is 2. The van der Waals surface area contributed by atoms with E-state index >= 15 is 0 Å². The first-order valence-electron chi connectivity index (χ1n) is 8.29. The van der Waals surface area contributed by atoms with Gasteiger partial charge in [-0.1, -0.05) is 41.9 Å². The summed E-state index contributed by atoms with van der Waals surface area (Å²) in [7, 11) is 0. The third-order valence-electron chi connectivity index (χ3n) is 4.03. The number of carbonyl (C=O) groups is 1. The number of nitrogens with one attached hydrogen (secondary N) is 1. The van der Waals surface area contributed by atoms with Gasteiger partial charge in [-0.3, -0.25) is 4.79 Å². The largest absolute Gasteiger partial charge is 0.486 e. The van der Waals surface area contributed by atoms with Crippen LogP contribution in [0.2, 0.25) is 5.02 Å². The molecule has 1 amide bonds. The summed E-state index contributed by atoms with van der Waals surface area (Å²) in [5, 5.41) is 3.43. The van der Waals surface area contributed by atoms with Crippen molar-refractivity contribution in [1.82, 2.24) is 5.32 Å². The minimum absolute atomic E-state index is 0.0695. The van der Waals surface area contributed by atoms with Crippen molar-refractivity contribution in [3.05, 3.63) is 58.6 Å². The highest BCUT2D eigenvalue weighted by molar-refractivity contribution is 6.32. The molecule has 132 valence electrons. The fourth-order valence-electron chi connectivity index (χ4n) is 2.74. The normalized spacial score (nSPS) is 14.0. The van der Waals surface area contributed by atoms with E-state index in [4.69, 9.17) is 26.8 Å². The molecule has 2 aromatic rings. The molecule has 2 aromatic carbocycles. The van der Waals surface area contributed by atoms with Crippen LogP contribution < -0.4 is 20.5 Å². The number of carbonyl (C=O) groups excluding carboxylic acids is 1. The van der Waals surface area contributed by atoms with Crippen LogP contribution in [-0.4, -0.2) is 25.7 Å². The standard InChI is InChI=1S/C19H21ClN2O3/c20-15-10-13(11-17-19(15)25-9-8-24-17)6-7-22-18(23)12-16(21)14-4-2-1-3-5-14/h1-5,10-11,16H,6-9,12,21H2,(H,22,23). The molecular formula is C19H21ClN2O3. The van der Waals surface area contributed by atoms with Crippen LogP contribution in [0.4, 0.5) is 0 Å². The number of ether oxygens (including phenoxy) is 2. The van der Waals surface area contributed by atoms with Crippen LogP contribution in [0, 0.1) is 0 Å². The number of halogens is 1. The van der Waals surface area contributed by atoms with Crippen molar-refractivity contribution >= 4 is 17.5 Å².